The molecule has 0 radical (unpaired) electrons. The molecule has 18 heavy (non-hydrogen) atoms. The Bertz CT molecular complexity index is 458. The summed E-state index contributed by atoms with van der Waals surface area (Å²) in [7, 11) is 3.02. The van der Waals surface area contributed by atoms with Crippen LogP contribution in [0.1, 0.15) is 23.2 Å². The van der Waals surface area contributed by atoms with Gasteiger partial charge in [0.05, 0.1) is 19.2 Å². The van der Waals surface area contributed by atoms with Crippen molar-refractivity contribution < 1.29 is 14.3 Å². The summed E-state index contributed by atoms with van der Waals surface area (Å²) in [4.78, 5) is 11.9. The summed E-state index contributed by atoms with van der Waals surface area (Å²) in [6.45, 7) is 0.727. The van der Waals surface area contributed by atoms with Gasteiger partial charge < -0.3 is 14.8 Å². The van der Waals surface area contributed by atoms with E-state index in [4.69, 9.17) is 21.1 Å². The third-order valence-corrected chi connectivity index (χ3v) is 3.22. The van der Waals surface area contributed by atoms with Gasteiger partial charge in [-0.3, -0.25) is 4.79 Å². The molecule has 2 rings (SSSR count). The minimum Gasteiger partial charge on any atom is -0.493 e. The monoisotopic (exact) mass is 269 g/mol. The molecule has 0 aromatic heterocycles. The SMILES string of the molecule is COc1cc(C(=O)NCC2CC2)cc(Cl)c1OC. The van der Waals surface area contributed by atoms with Crippen LogP contribution in [0.5, 0.6) is 11.5 Å². The number of ether oxygens (including phenoxy) is 2. The van der Waals surface area contributed by atoms with Crippen LogP contribution in [-0.2, 0) is 0 Å². The zero-order chi connectivity index (χ0) is 13.1. The van der Waals surface area contributed by atoms with E-state index in [1.807, 2.05) is 0 Å². The first-order valence-corrected chi connectivity index (χ1v) is 6.23. The summed E-state index contributed by atoms with van der Waals surface area (Å²) in [5, 5.41) is 3.25. The molecular weight excluding hydrogens is 254 g/mol. The van der Waals surface area contributed by atoms with Crippen LogP contribution in [0.15, 0.2) is 12.1 Å². The second-order valence-electron chi connectivity index (χ2n) is 4.35. The zero-order valence-corrected chi connectivity index (χ0v) is 11.2. The Morgan fingerprint density at radius 3 is 2.67 bits per heavy atom. The molecule has 1 amide bonds. The van der Waals surface area contributed by atoms with Gasteiger partial charge in [0.2, 0.25) is 0 Å². The van der Waals surface area contributed by atoms with Crippen LogP contribution in [0.2, 0.25) is 5.02 Å². The van der Waals surface area contributed by atoms with E-state index in [0.29, 0.717) is 28.0 Å². The largest absolute Gasteiger partial charge is 0.493 e. The maximum Gasteiger partial charge on any atom is 0.251 e. The molecule has 0 aliphatic heterocycles. The number of nitrogens with one attached hydrogen (secondary N) is 1. The van der Waals surface area contributed by atoms with Gasteiger partial charge in [0.15, 0.2) is 11.5 Å². The van der Waals surface area contributed by atoms with E-state index in [1.54, 1.807) is 12.1 Å². The van der Waals surface area contributed by atoms with Gasteiger partial charge in [-0.25, -0.2) is 0 Å². The van der Waals surface area contributed by atoms with Crippen molar-refractivity contribution in [2.75, 3.05) is 20.8 Å². The summed E-state index contributed by atoms with van der Waals surface area (Å²) in [5.41, 5.74) is 0.485. The molecule has 5 heteroatoms. The highest BCUT2D eigenvalue weighted by molar-refractivity contribution is 6.32. The summed E-state index contributed by atoms with van der Waals surface area (Å²) in [5.74, 6) is 1.41. The number of hydrogen-bond donors (Lipinski definition) is 1. The van der Waals surface area contributed by atoms with Gasteiger partial charge >= 0.3 is 0 Å². The third kappa shape index (κ3) is 2.88. The van der Waals surface area contributed by atoms with E-state index < -0.39 is 0 Å². The fraction of sp³-hybridized carbons (Fsp3) is 0.462. The number of methoxy groups -OCH3 is 2. The van der Waals surface area contributed by atoms with Crippen LogP contribution in [0.4, 0.5) is 0 Å². The molecular formula is C13H16ClNO3. The molecule has 1 saturated carbocycles. The van der Waals surface area contributed by atoms with E-state index in [1.165, 1.54) is 27.1 Å². The first-order chi connectivity index (χ1) is 8.65. The fourth-order valence-electron chi connectivity index (χ4n) is 1.71. The summed E-state index contributed by atoms with van der Waals surface area (Å²) in [6, 6.07) is 3.22. The van der Waals surface area contributed by atoms with Crippen molar-refractivity contribution in [3.63, 3.8) is 0 Å². The summed E-state index contributed by atoms with van der Waals surface area (Å²) in [6.07, 6.45) is 2.40. The molecule has 0 atom stereocenters. The molecule has 0 unspecified atom stereocenters. The van der Waals surface area contributed by atoms with Crippen molar-refractivity contribution in [2.45, 2.75) is 12.8 Å². The Morgan fingerprint density at radius 2 is 2.11 bits per heavy atom. The number of benzene rings is 1. The Balaban J connectivity index is 2.16. The average Bonchev–Trinajstić information content (AvgIpc) is 3.18. The zero-order valence-electron chi connectivity index (χ0n) is 10.5. The van der Waals surface area contributed by atoms with Gasteiger partial charge in [0, 0.05) is 12.1 Å². The molecule has 0 heterocycles. The lowest BCUT2D eigenvalue weighted by molar-refractivity contribution is 0.0951. The first kappa shape index (κ1) is 13.0. The number of carbonyl (C=O) groups excluding carboxylic acids is 1. The van der Waals surface area contributed by atoms with Crippen LogP contribution in [-0.4, -0.2) is 26.7 Å². The number of halogens is 1. The predicted molar refractivity (Wildman–Crippen MR) is 69.6 cm³/mol. The number of amides is 1. The van der Waals surface area contributed by atoms with Gasteiger partial charge in [-0.1, -0.05) is 11.6 Å². The minimum atomic E-state index is -0.134. The molecule has 1 aromatic rings. The van der Waals surface area contributed by atoms with Gasteiger partial charge in [0.1, 0.15) is 0 Å². The Labute approximate surface area is 111 Å². The topological polar surface area (TPSA) is 47.6 Å². The van der Waals surface area contributed by atoms with E-state index in [2.05, 4.69) is 5.32 Å². The second-order valence-corrected chi connectivity index (χ2v) is 4.75. The highest BCUT2D eigenvalue weighted by Gasteiger charge is 2.22. The van der Waals surface area contributed by atoms with Crippen LogP contribution >= 0.6 is 11.6 Å². The van der Waals surface area contributed by atoms with Crippen LogP contribution < -0.4 is 14.8 Å². The van der Waals surface area contributed by atoms with Gasteiger partial charge in [-0.05, 0) is 30.9 Å². The molecule has 0 bridgehead atoms. The normalized spacial score (nSPS) is 14.2. The second kappa shape index (κ2) is 5.48. The quantitative estimate of drug-likeness (QED) is 0.893. The van der Waals surface area contributed by atoms with Crippen LogP contribution in [0, 0.1) is 5.92 Å². The Kier molecular flexibility index (Phi) is 3.97. The molecule has 1 aromatic carbocycles. The molecule has 1 fully saturated rings. The van der Waals surface area contributed by atoms with Crippen LogP contribution in [0.3, 0.4) is 0 Å². The average molecular weight is 270 g/mol. The van der Waals surface area contributed by atoms with Crippen molar-refractivity contribution in [1.29, 1.82) is 0 Å². The number of hydrogen-bond acceptors (Lipinski definition) is 3. The lowest BCUT2D eigenvalue weighted by atomic mass is 10.2. The lowest BCUT2D eigenvalue weighted by Crippen LogP contribution is -2.25. The van der Waals surface area contributed by atoms with E-state index in [9.17, 15) is 4.79 Å². The first-order valence-electron chi connectivity index (χ1n) is 5.85. The molecule has 0 saturated heterocycles. The summed E-state index contributed by atoms with van der Waals surface area (Å²) < 4.78 is 10.3. The maximum atomic E-state index is 11.9. The Hall–Kier alpha value is -1.42. The molecule has 1 aliphatic carbocycles. The third-order valence-electron chi connectivity index (χ3n) is 2.94. The molecule has 98 valence electrons. The van der Waals surface area contributed by atoms with Crippen molar-refractivity contribution >= 4 is 17.5 Å². The van der Waals surface area contributed by atoms with Crippen molar-refractivity contribution in [3.8, 4) is 11.5 Å². The molecule has 1 aliphatic rings. The van der Waals surface area contributed by atoms with Crippen molar-refractivity contribution in [1.82, 2.24) is 5.32 Å². The summed E-state index contributed by atoms with van der Waals surface area (Å²) >= 11 is 6.05. The number of rotatable bonds is 5. The van der Waals surface area contributed by atoms with Gasteiger partial charge in [-0.15, -0.1) is 0 Å². The lowest BCUT2D eigenvalue weighted by Gasteiger charge is -2.11. The predicted octanol–water partition coefficient (Wildman–Crippen LogP) is 2.50. The molecule has 4 nitrogen and oxygen atoms in total. The highest BCUT2D eigenvalue weighted by atomic mass is 35.5. The smallest absolute Gasteiger partial charge is 0.251 e. The molecule has 0 spiro atoms. The van der Waals surface area contributed by atoms with Crippen LogP contribution in [0.25, 0.3) is 0 Å². The number of carbonyl (C=O) groups is 1. The van der Waals surface area contributed by atoms with Crippen molar-refractivity contribution in [3.05, 3.63) is 22.7 Å². The molecule has 1 N–H and O–H groups in total. The van der Waals surface area contributed by atoms with E-state index in [0.717, 1.165) is 6.54 Å². The van der Waals surface area contributed by atoms with Gasteiger partial charge in [0.25, 0.3) is 5.91 Å². The minimum absolute atomic E-state index is 0.134. The van der Waals surface area contributed by atoms with Gasteiger partial charge in [-0.2, -0.15) is 0 Å². The van der Waals surface area contributed by atoms with Crippen molar-refractivity contribution in [2.24, 2.45) is 5.92 Å². The Morgan fingerprint density at radius 1 is 1.39 bits per heavy atom. The maximum absolute atomic E-state index is 11.9. The van der Waals surface area contributed by atoms with E-state index >= 15 is 0 Å². The van der Waals surface area contributed by atoms with E-state index in [-0.39, 0.29) is 5.91 Å². The standard InChI is InChI=1S/C13H16ClNO3/c1-17-11-6-9(5-10(14)12(11)18-2)13(16)15-7-8-3-4-8/h5-6,8H,3-4,7H2,1-2H3,(H,15,16). The fourth-order valence-corrected chi connectivity index (χ4v) is 2.00. The highest BCUT2D eigenvalue weighted by Crippen LogP contribution is 2.36.